The average Bonchev–Trinajstić information content (AvgIpc) is 3.59. The second-order valence-electron chi connectivity index (χ2n) is 7.28. The molecular formula is C22H22BrClN4O5. The minimum atomic E-state index is -0.843. The van der Waals surface area contributed by atoms with Crippen LogP contribution >= 0.6 is 27.5 Å². The highest BCUT2D eigenvalue weighted by Crippen LogP contribution is 2.36. The maximum atomic E-state index is 12.3. The van der Waals surface area contributed by atoms with Gasteiger partial charge in [0.1, 0.15) is 0 Å². The summed E-state index contributed by atoms with van der Waals surface area (Å²) in [5, 5.41) is 9.63. The normalized spacial score (nSPS) is 12.8. The predicted octanol–water partition coefficient (Wildman–Crippen LogP) is 3.17. The Morgan fingerprint density at radius 2 is 1.97 bits per heavy atom. The van der Waals surface area contributed by atoms with Gasteiger partial charge in [-0.3, -0.25) is 14.4 Å². The van der Waals surface area contributed by atoms with Crippen LogP contribution in [0.15, 0.2) is 39.9 Å². The van der Waals surface area contributed by atoms with Gasteiger partial charge in [0.05, 0.1) is 17.8 Å². The van der Waals surface area contributed by atoms with Crippen LogP contribution in [0.1, 0.15) is 24.0 Å². The summed E-state index contributed by atoms with van der Waals surface area (Å²) < 4.78 is 11.5. The number of methoxy groups -OCH3 is 1. The van der Waals surface area contributed by atoms with Crippen LogP contribution in [-0.4, -0.2) is 43.7 Å². The molecule has 3 N–H and O–H groups in total. The summed E-state index contributed by atoms with van der Waals surface area (Å²) >= 11 is 9.37. The number of carbonyl (C=O) groups excluding carboxylic acids is 3. The number of hydrogen-bond acceptors (Lipinski definition) is 6. The molecule has 0 saturated heterocycles. The zero-order chi connectivity index (χ0) is 24.0. The van der Waals surface area contributed by atoms with Gasteiger partial charge in [0.2, 0.25) is 0 Å². The van der Waals surface area contributed by atoms with Gasteiger partial charge in [0.15, 0.2) is 18.1 Å². The van der Waals surface area contributed by atoms with Crippen LogP contribution in [0.2, 0.25) is 5.02 Å². The van der Waals surface area contributed by atoms with E-state index in [-0.39, 0.29) is 18.6 Å². The van der Waals surface area contributed by atoms with Crippen molar-refractivity contribution in [3.05, 3.63) is 51.0 Å². The molecule has 0 unspecified atom stereocenters. The number of rotatable bonds is 8. The third-order valence-electron chi connectivity index (χ3n) is 4.57. The molecule has 1 aliphatic carbocycles. The van der Waals surface area contributed by atoms with Gasteiger partial charge in [-0.1, -0.05) is 17.7 Å². The highest BCUT2D eigenvalue weighted by molar-refractivity contribution is 9.10. The van der Waals surface area contributed by atoms with Gasteiger partial charge in [0.25, 0.3) is 5.91 Å². The summed E-state index contributed by atoms with van der Waals surface area (Å²) in [6.07, 6.45) is 3.12. The van der Waals surface area contributed by atoms with Crippen LogP contribution in [0.3, 0.4) is 0 Å². The van der Waals surface area contributed by atoms with E-state index in [1.807, 2.05) is 6.92 Å². The van der Waals surface area contributed by atoms with E-state index < -0.39 is 11.8 Å². The summed E-state index contributed by atoms with van der Waals surface area (Å²) in [6.45, 7) is 1.59. The summed E-state index contributed by atoms with van der Waals surface area (Å²) in [4.78, 5) is 35.7. The molecule has 3 amide bonds. The molecular weight excluding hydrogens is 516 g/mol. The van der Waals surface area contributed by atoms with Crippen molar-refractivity contribution >= 4 is 57.2 Å². The van der Waals surface area contributed by atoms with E-state index in [1.54, 1.807) is 30.3 Å². The molecule has 3 rings (SSSR count). The average molecular weight is 538 g/mol. The molecule has 0 bridgehead atoms. The molecule has 174 valence electrons. The van der Waals surface area contributed by atoms with Crippen LogP contribution in [0.25, 0.3) is 0 Å². The van der Waals surface area contributed by atoms with E-state index in [2.05, 4.69) is 37.1 Å². The Kier molecular flexibility index (Phi) is 8.29. The van der Waals surface area contributed by atoms with Crippen molar-refractivity contribution < 1.29 is 23.9 Å². The van der Waals surface area contributed by atoms with Crippen LogP contribution in [0.4, 0.5) is 5.69 Å². The fourth-order valence-corrected chi connectivity index (χ4v) is 3.45. The maximum Gasteiger partial charge on any atom is 0.329 e. The smallest absolute Gasteiger partial charge is 0.329 e. The first-order chi connectivity index (χ1) is 15.8. The predicted molar refractivity (Wildman–Crippen MR) is 128 cm³/mol. The fraction of sp³-hybridized carbons (Fsp3) is 0.273. The molecule has 11 heteroatoms. The molecule has 1 fully saturated rings. The number of ether oxygens (including phenoxy) is 2. The van der Waals surface area contributed by atoms with Gasteiger partial charge < -0.3 is 20.1 Å². The second-order valence-corrected chi connectivity index (χ2v) is 8.57. The lowest BCUT2D eigenvalue weighted by atomic mass is 10.2. The standard InChI is InChI=1S/C22H22BrClN4O5/c1-12-3-4-14(24)9-17(12)27-19(29)11-33-20-16(23)7-13(8-18(20)32-2)10-25-28-22(31)21(30)26-15-5-6-15/h3-4,7-10,15H,5-6,11H2,1-2H3,(H,26,30)(H,27,29)(H,28,31)/b25-10-. The molecule has 2 aromatic carbocycles. The van der Waals surface area contributed by atoms with Crippen LogP contribution < -0.4 is 25.5 Å². The monoisotopic (exact) mass is 536 g/mol. The van der Waals surface area contributed by atoms with Crippen LogP contribution in [0.5, 0.6) is 11.5 Å². The van der Waals surface area contributed by atoms with Crippen LogP contribution in [0, 0.1) is 6.92 Å². The van der Waals surface area contributed by atoms with E-state index in [0.717, 1.165) is 18.4 Å². The Balaban J connectivity index is 1.60. The fourth-order valence-electron chi connectivity index (χ4n) is 2.70. The van der Waals surface area contributed by atoms with Crippen molar-refractivity contribution in [2.45, 2.75) is 25.8 Å². The molecule has 9 nitrogen and oxygen atoms in total. The van der Waals surface area contributed by atoms with E-state index in [1.165, 1.54) is 13.3 Å². The highest BCUT2D eigenvalue weighted by atomic mass is 79.9. The SMILES string of the molecule is COc1cc(/C=N\NC(=O)C(=O)NC2CC2)cc(Br)c1OCC(=O)Nc1cc(Cl)ccc1C. The Bertz CT molecular complexity index is 1100. The first kappa shape index (κ1) is 24.5. The van der Waals surface area contributed by atoms with Gasteiger partial charge in [-0.05, 0) is 71.1 Å². The topological polar surface area (TPSA) is 118 Å². The largest absolute Gasteiger partial charge is 0.493 e. The molecule has 0 aromatic heterocycles. The minimum absolute atomic E-state index is 0.0802. The van der Waals surface area contributed by atoms with Gasteiger partial charge >= 0.3 is 11.8 Å². The number of nitrogens with one attached hydrogen (secondary N) is 3. The quantitative estimate of drug-likeness (QED) is 0.272. The molecule has 0 heterocycles. The Morgan fingerprint density at radius 3 is 2.67 bits per heavy atom. The number of hydrazone groups is 1. The second kappa shape index (κ2) is 11.2. The van der Waals surface area contributed by atoms with Gasteiger partial charge in [0, 0.05) is 16.8 Å². The molecule has 1 saturated carbocycles. The van der Waals surface area contributed by atoms with E-state index in [9.17, 15) is 14.4 Å². The lowest BCUT2D eigenvalue weighted by Crippen LogP contribution is -2.38. The molecule has 1 aliphatic rings. The first-order valence-electron chi connectivity index (χ1n) is 9.97. The Hall–Kier alpha value is -3.11. The van der Waals surface area contributed by atoms with Crippen molar-refractivity contribution in [2.24, 2.45) is 5.10 Å². The third kappa shape index (κ3) is 7.19. The van der Waals surface area contributed by atoms with Gasteiger partial charge in [-0.15, -0.1) is 0 Å². The maximum absolute atomic E-state index is 12.3. The number of nitrogens with zero attached hydrogens (tertiary/aromatic N) is 1. The summed E-state index contributed by atoms with van der Waals surface area (Å²) in [6, 6.07) is 8.56. The lowest BCUT2D eigenvalue weighted by Gasteiger charge is -2.14. The van der Waals surface area contributed by atoms with Crippen molar-refractivity contribution in [1.82, 2.24) is 10.7 Å². The van der Waals surface area contributed by atoms with Gasteiger partial charge in [-0.2, -0.15) is 5.10 Å². The molecule has 0 spiro atoms. The zero-order valence-corrected chi connectivity index (χ0v) is 20.2. The van der Waals surface area contributed by atoms with Crippen molar-refractivity contribution in [3.8, 4) is 11.5 Å². The molecule has 33 heavy (non-hydrogen) atoms. The Labute approximate surface area is 204 Å². The first-order valence-corrected chi connectivity index (χ1v) is 11.1. The number of benzene rings is 2. The van der Waals surface area contributed by atoms with Crippen LogP contribution in [-0.2, 0) is 14.4 Å². The summed E-state index contributed by atoms with van der Waals surface area (Å²) in [7, 11) is 1.45. The molecule has 2 aromatic rings. The Morgan fingerprint density at radius 1 is 1.21 bits per heavy atom. The number of carbonyl (C=O) groups is 3. The number of halogens is 2. The third-order valence-corrected chi connectivity index (χ3v) is 5.40. The zero-order valence-electron chi connectivity index (χ0n) is 17.9. The number of anilines is 1. The van der Waals surface area contributed by atoms with Gasteiger partial charge in [-0.25, -0.2) is 5.43 Å². The summed E-state index contributed by atoms with van der Waals surface area (Å²) in [5.74, 6) is -1.27. The van der Waals surface area contributed by atoms with E-state index in [4.69, 9.17) is 21.1 Å². The van der Waals surface area contributed by atoms with Crippen molar-refractivity contribution in [1.29, 1.82) is 0 Å². The number of hydrogen-bond donors (Lipinski definition) is 3. The number of aryl methyl sites for hydroxylation is 1. The number of amides is 3. The molecule has 0 atom stereocenters. The molecule has 0 aliphatic heterocycles. The van der Waals surface area contributed by atoms with E-state index >= 15 is 0 Å². The molecule has 0 radical (unpaired) electrons. The highest BCUT2D eigenvalue weighted by Gasteiger charge is 2.26. The summed E-state index contributed by atoms with van der Waals surface area (Å²) in [5.41, 5.74) is 4.21. The van der Waals surface area contributed by atoms with Crippen molar-refractivity contribution in [3.63, 3.8) is 0 Å². The minimum Gasteiger partial charge on any atom is -0.493 e. The van der Waals surface area contributed by atoms with Crippen molar-refractivity contribution in [2.75, 3.05) is 19.0 Å². The van der Waals surface area contributed by atoms with E-state index in [0.29, 0.717) is 32.2 Å². The lowest BCUT2D eigenvalue weighted by molar-refractivity contribution is -0.139.